The molecule has 0 radical (unpaired) electrons. The van der Waals surface area contributed by atoms with Crippen molar-refractivity contribution in [2.45, 2.75) is 10.6 Å². The summed E-state index contributed by atoms with van der Waals surface area (Å²) in [5.41, 5.74) is 1.11. The van der Waals surface area contributed by atoms with Crippen LogP contribution in [0.15, 0.2) is 53.8 Å². The van der Waals surface area contributed by atoms with Gasteiger partial charge in [-0.05, 0) is 24.3 Å². The summed E-state index contributed by atoms with van der Waals surface area (Å²) >= 11 is 1.77. The standard InChI is InChI=1S/C11H10N2S.3ClH/c1-2-6-13-10(3-1)9-14-11-4-7-12-8-5-11;;;/h1-8H,9H2;3*1H. The van der Waals surface area contributed by atoms with Crippen LogP contribution in [-0.2, 0) is 5.75 Å². The molecule has 0 bridgehead atoms. The second-order valence-corrected chi connectivity index (χ2v) is 3.84. The highest BCUT2D eigenvalue weighted by molar-refractivity contribution is 7.98. The molecule has 0 aliphatic carbocycles. The molecule has 0 aliphatic heterocycles. The average Bonchev–Trinajstić information content (AvgIpc) is 2.29. The minimum atomic E-state index is 0. The number of rotatable bonds is 3. The van der Waals surface area contributed by atoms with Gasteiger partial charge in [-0.1, -0.05) is 6.07 Å². The van der Waals surface area contributed by atoms with Crippen molar-refractivity contribution in [3.63, 3.8) is 0 Å². The normalized spacial score (nSPS) is 8.24. The van der Waals surface area contributed by atoms with Crippen molar-refractivity contribution in [2.75, 3.05) is 0 Å². The molecule has 0 atom stereocenters. The van der Waals surface area contributed by atoms with Gasteiger partial charge >= 0.3 is 0 Å². The van der Waals surface area contributed by atoms with Gasteiger partial charge in [0.15, 0.2) is 0 Å². The third-order valence-electron chi connectivity index (χ3n) is 1.76. The Morgan fingerprint density at radius 2 is 1.59 bits per heavy atom. The fraction of sp³-hybridized carbons (Fsp3) is 0.0909. The molecule has 17 heavy (non-hydrogen) atoms. The third-order valence-corrected chi connectivity index (χ3v) is 2.81. The minimum absolute atomic E-state index is 0. The number of halogens is 3. The van der Waals surface area contributed by atoms with Crippen molar-refractivity contribution >= 4 is 49.0 Å². The van der Waals surface area contributed by atoms with E-state index in [-0.39, 0.29) is 37.2 Å². The average molecular weight is 312 g/mol. The Morgan fingerprint density at radius 3 is 2.18 bits per heavy atom. The first-order valence-corrected chi connectivity index (χ1v) is 5.36. The van der Waals surface area contributed by atoms with Crippen LogP contribution in [0.4, 0.5) is 0 Å². The lowest BCUT2D eigenvalue weighted by molar-refractivity contribution is 1.17. The molecule has 0 N–H and O–H groups in total. The second-order valence-electron chi connectivity index (χ2n) is 2.79. The zero-order valence-electron chi connectivity index (χ0n) is 8.85. The van der Waals surface area contributed by atoms with Crippen molar-refractivity contribution in [3.8, 4) is 0 Å². The number of nitrogens with zero attached hydrogens (tertiary/aromatic N) is 2. The van der Waals surface area contributed by atoms with E-state index in [0.717, 1.165) is 11.4 Å². The van der Waals surface area contributed by atoms with Gasteiger partial charge in [-0.15, -0.1) is 49.0 Å². The van der Waals surface area contributed by atoms with E-state index in [1.54, 1.807) is 24.2 Å². The molecule has 0 spiro atoms. The molecule has 2 heterocycles. The Labute approximate surface area is 124 Å². The summed E-state index contributed by atoms with van der Waals surface area (Å²) in [5.74, 6) is 0.908. The van der Waals surface area contributed by atoms with E-state index in [4.69, 9.17) is 0 Å². The van der Waals surface area contributed by atoms with Crippen LogP contribution in [-0.4, -0.2) is 9.97 Å². The van der Waals surface area contributed by atoms with E-state index in [0.29, 0.717) is 0 Å². The summed E-state index contributed by atoms with van der Waals surface area (Å²) in [6, 6.07) is 9.99. The number of pyridine rings is 2. The van der Waals surface area contributed by atoms with Crippen LogP contribution in [0.1, 0.15) is 5.69 Å². The molecule has 0 amide bonds. The lowest BCUT2D eigenvalue weighted by Crippen LogP contribution is -1.84. The minimum Gasteiger partial charge on any atom is -0.265 e. The van der Waals surface area contributed by atoms with Crippen LogP contribution in [0.2, 0.25) is 0 Å². The van der Waals surface area contributed by atoms with Crippen LogP contribution in [0.5, 0.6) is 0 Å². The van der Waals surface area contributed by atoms with E-state index in [1.165, 1.54) is 4.90 Å². The SMILES string of the molecule is Cl.Cl.Cl.c1ccc(CSc2ccncc2)nc1. The van der Waals surface area contributed by atoms with Gasteiger partial charge in [0.1, 0.15) is 0 Å². The molecule has 0 aromatic carbocycles. The molecule has 2 nitrogen and oxygen atoms in total. The van der Waals surface area contributed by atoms with Gasteiger partial charge < -0.3 is 0 Å². The topological polar surface area (TPSA) is 25.8 Å². The maximum Gasteiger partial charge on any atom is 0.0506 e. The molecule has 0 fully saturated rings. The van der Waals surface area contributed by atoms with Gasteiger partial charge in [-0.3, -0.25) is 9.97 Å². The number of thioether (sulfide) groups is 1. The van der Waals surface area contributed by atoms with Gasteiger partial charge in [-0.25, -0.2) is 0 Å². The molecule has 2 rings (SSSR count). The van der Waals surface area contributed by atoms with Gasteiger partial charge in [-0.2, -0.15) is 0 Å². The number of hydrogen-bond acceptors (Lipinski definition) is 3. The van der Waals surface area contributed by atoms with Crippen LogP contribution < -0.4 is 0 Å². The maximum atomic E-state index is 4.26. The molecular formula is C11H13Cl3N2S. The predicted octanol–water partition coefficient (Wildman–Crippen LogP) is 4.03. The number of aromatic nitrogens is 2. The number of hydrogen-bond donors (Lipinski definition) is 0. The Morgan fingerprint density at radius 1 is 0.882 bits per heavy atom. The molecule has 0 unspecified atom stereocenters. The smallest absolute Gasteiger partial charge is 0.0506 e. The lowest BCUT2D eigenvalue weighted by atomic mass is 10.4. The van der Waals surface area contributed by atoms with Gasteiger partial charge in [0.25, 0.3) is 0 Å². The first-order chi connectivity index (χ1) is 6.95. The Bertz CT molecular complexity index is 347. The van der Waals surface area contributed by atoms with Crippen molar-refractivity contribution in [1.29, 1.82) is 0 Å². The molecular weight excluding hydrogens is 299 g/mol. The van der Waals surface area contributed by atoms with E-state index in [1.807, 2.05) is 36.5 Å². The van der Waals surface area contributed by atoms with E-state index >= 15 is 0 Å². The van der Waals surface area contributed by atoms with E-state index < -0.39 is 0 Å². The zero-order valence-corrected chi connectivity index (χ0v) is 12.1. The fourth-order valence-electron chi connectivity index (χ4n) is 1.08. The summed E-state index contributed by atoms with van der Waals surface area (Å²) in [6.07, 6.45) is 5.43. The Kier molecular flexibility index (Phi) is 11.8. The lowest BCUT2D eigenvalue weighted by Gasteiger charge is -1.99. The van der Waals surface area contributed by atoms with Crippen LogP contribution in [0.3, 0.4) is 0 Å². The highest BCUT2D eigenvalue weighted by Gasteiger charge is 1.95. The molecule has 94 valence electrons. The van der Waals surface area contributed by atoms with Crippen molar-refractivity contribution in [2.24, 2.45) is 0 Å². The Balaban J connectivity index is 0. The Hall–Kier alpha value is -0.480. The summed E-state index contributed by atoms with van der Waals surface area (Å²) in [5, 5.41) is 0. The van der Waals surface area contributed by atoms with E-state index in [2.05, 4.69) is 9.97 Å². The van der Waals surface area contributed by atoms with Crippen molar-refractivity contribution in [3.05, 3.63) is 54.6 Å². The van der Waals surface area contributed by atoms with Crippen LogP contribution >= 0.6 is 49.0 Å². The summed E-state index contributed by atoms with van der Waals surface area (Å²) in [6.45, 7) is 0. The van der Waals surface area contributed by atoms with Gasteiger partial charge in [0, 0.05) is 29.2 Å². The largest absolute Gasteiger partial charge is 0.265 e. The highest BCUT2D eigenvalue weighted by Crippen LogP contribution is 2.20. The zero-order chi connectivity index (χ0) is 9.64. The molecule has 0 saturated carbocycles. The molecule has 2 aromatic rings. The summed E-state index contributed by atoms with van der Waals surface area (Å²) < 4.78 is 0. The summed E-state index contributed by atoms with van der Waals surface area (Å²) in [7, 11) is 0. The first-order valence-electron chi connectivity index (χ1n) is 4.38. The van der Waals surface area contributed by atoms with E-state index in [9.17, 15) is 0 Å². The molecule has 0 aliphatic rings. The van der Waals surface area contributed by atoms with Crippen LogP contribution in [0, 0.1) is 0 Å². The second kappa shape index (κ2) is 10.7. The molecule has 2 aromatic heterocycles. The maximum absolute atomic E-state index is 4.26. The molecule has 0 saturated heterocycles. The quantitative estimate of drug-likeness (QED) is 0.800. The van der Waals surface area contributed by atoms with Crippen LogP contribution in [0.25, 0.3) is 0 Å². The third kappa shape index (κ3) is 6.74. The first kappa shape index (κ1) is 18.9. The molecule has 6 heteroatoms. The monoisotopic (exact) mass is 310 g/mol. The van der Waals surface area contributed by atoms with Crippen molar-refractivity contribution < 1.29 is 0 Å². The summed E-state index contributed by atoms with van der Waals surface area (Å²) in [4.78, 5) is 9.46. The predicted molar refractivity (Wildman–Crippen MR) is 79.8 cm³/mol. The van der Waals surface area contributed by atoms with Crippen molar-refractivity contribution in [1.82, 2.24) is 9.97 Å². The highest BCUT2D eigenvalue weighted by atomic mass is 35.5. The fourth-order valence-corrected chi connectivity index (χ4v) is 1.87. The van der Waals surface area contributed by atoms with Gasteiger partial charge in [0.2, 0.25) is 0 Å². The van der Waals surface area contributed by atoms with Gasteiger partial charge in [0.05, 0.1) is 5.69 Å².